The van der Waals surface area contributed by atoms with Crippen molar-refractivity contribution in [3.05, 3.63) is 34.0 Å². The molecule has 0 aromatic carbocycles. The van der Waals surface area contributed by atoms with Gasteiger partial charge in [-0.05, 0) is 38.7 Å². The highest BCUT2D eigenvalue weighted by atomic mass is 19.4. The van der Waals surface area contributed by atoms with E-state index >= 15 is 0 Å². The van der Waals surface area contributed by atoms with E-state index in [2.05, 4.69) is 20.4 Å². The van der Waals surface area contributed by atoms with Gasteiger partial charge in [0.1, 0.15) is 5.82 Å². The minimum Gasteiger partial charge on any atom is -0.481 e. The molecule has 1 saturated carbocycles. The van der Waals surface area contributed by atoms with Gasteiger partial charge in [0.05, 0.1) is 18.8 Å². The molecule has 2 heterocycles. The zero-order chi connectivity index (χ0) is 19.1. The molecule has 0 saturated heterocycles. The van der Waals surface area contributed by atoms with Gasteiger partial charge < -0.3 is 10.1 Å². The van der Waals surface area contributed by atoms with Crippen LogP contribution in [0, 0.1) is 12.8 Å². The molecule has 0 radical (unpaired) electrons. The van der Waals surface area contributed by atoms with Crippen molar-refractivity contribution < 1.29 is 17.9 Å². The zero-order valence-electron chi connectivity index (χ0n) is 14.5. The number of methoxy groups -OCH3 is 1. The number of anilines is 2. The predicted octanol–water partition coefficient (Wildman–Crippen LogP) is 3.08. The number of nitrogens with one attached hydrogen (secondary N) is 1. The van der Waals surface area contributed by atoms with Crippen molar-refractivity contribution in [3.63, 3.8) is 0 Å². The summed E-state index contributed by atoms with van der Waals surface area (Å²) in [6, 6.07) is 2.29. The zero-order valence-corrected chi connectivity index (χ0v) is 14.5. The minimum absolute atomic E-state index is 0.138. The molecule has 1 aliphatic rings. The molecule has 10 heteroatoms. The molecule has 7 nitrogen and oxygen atoms in total. The highest BCUT2D eigenvalue weighted by molar-refractivity contribution is 5.59. The van der Waals surface area contributed by atoms with Gasteiger partial charge in [0, 0.05) is 6.07 Å². The van der Waals surface area contributed by atoms with E-state index in [4.69, 9.17) is 4.74 Å². The van der Waals surface area contributed by atoms with E-state index in [9.17, 15) is 18.0 Å². The Labute approximate surface area is 147 Å². The Hall–Kier alpha value is -2.65. The first kappa shape index (κ1) is 18.2. The fourth-order valence-electron chi connectivity index (χ4n) is 2.68. The van der Waals surface area contributed by atoms with Crippen LogP contribution in [0.3, 0.4) is 0 Å². The molecule has 140 valence electrons. The fraction of sp³-hybridized carbons (Fsp3) is 0.500. The number of pyridine rings is 1. The summed E-state index contributed by atoms with van der Waals surface area (Å²) >= 11 is 0. The number of hydrogen-bond acceptors (Lipinski definition) is 6. The highest BCUT2D eigenvalue weighted by Crippen LogP contribution is 2.39. The summed E-state index contributed by atoms with van der Waals surface area (Å²) < 4.78 is 45.9. The van der Waals surface area contributed by atoms with E-state index in [1.165, 1.54) is 17.9 Å². The maximum absolute atomic E-state index is 13.3. The van der Waals surface area contributed by atoms with Crippen LogP contribution in [0.1, 0.15) is 37.3 Å². The van der Waals surface area contributed by atoms with Crippen LogP contribution in [-0.2, 0) is 6.18 Å². The quantitative estimate of drug-likeness (QED) is 0.872. The van der Waals surface area contributed by atoms with Crippen LogP contribution in [0.15, 0.2) is 16.9 Å². The van der Waals surface area contributed by atoms with Crippen LogP contribution in [0.2, 0.25) is 0 Å². The third kappa shape index (κ3) is 3.63. The van der Waals surface area contributed by atoms with E-state index in [1.54, 1.807) is 6.92 Å². The number of ether oxygens (including phenoxy) is 1. The van der Waals surface area contributed by atoms with E-state index in [1.807, 2.05) is 6.92 Å². The molecule has 0 bridgehead atoms. The Morgan fingerprint density at radius 1 is 1.31 bits per heavy atom. The molecule has 1 aliphatic carbocycles. The molecule has 0 unspecified atom stereocenters. The third-order valence-corrected chi connectivity index (χ3v) is 4.23. The average Bonchev–Trinajstić information content (AvgIpc) is 3.41. The predicted molar refractivity (Wildman–Crippen MR) is 87.5 cm³/mol. The van der Waals surface area contributed by atoms with E-state index < -0.39 is 17.4 Å². The molecule has 0 spiro atoms. The second-order valence-electron chi connectivity index (χ2n) is 6.21. The Morgan fingerprint density at radius 3 is 2.58 bits per heavy atom. The number of alkyl halides is 3. The normalized spacial score (nSPS) is 15.6. The van der Waals surface area contributed by atoms with Gasteiger partial charge in [-0.2, -0.15) is 18.3 Å². The van der Waals surface area contributed by atoms with Gasteiger partial charge in [-0.15, -0.1) is 0 Å². The van der Waals surface area contributed by atoms with Crippen LogP contribution in [-0.4, -0.2) is 26.9 Å². The van der Waals surface area contributed by atoms with Gasteiger partial charge in [-0.3, -0.25) is 4.79 Å². The van der Waals surface area contributed by atoms with Crippen LogP contribution >= 0.6 is 0 Å². The lowest BCUT2D eigenvalue weighted by molar-refractivity contribution is -0.140. The van der Waals surface area contributed by atoms with Gasteiger partial charge in [0.25, 0.3) is 0 Å². The van der Waals surface area contributed by atoms with Crippen molar-refractivity contribution in [2.75, 3.05) is 12.4 Å². The number of aromatic nitrogens is 4. The van der Waals surface area contributed by atoms with Gasteiger partial charge in [-0.25, -0.2) is 14.6 Å². The maximum atomic E-state index is 13.3. The lowest BCUT2D eigenvalue weighted by Gasteiger charge is -2.17. The minimum atomic E-state index is -4.72. The molecule has 0 amide bonds. The topological polar surface area (TPSA) is 81.9 Å². The summed E-state index contributed by atoms with van der Waals surface area (Å²) in [6.45, 7) is 3.45. The van der Waals surface area contributed by atoms with Crippen molar-refractivity contribution in [3.8, 4) is 5.88 Å². The first-order valence-corrected chi connectivity index (χ1v) is 8.07. The van der Waals surface area contributed by atoms with Crippen molar-refractivity contribution in [1.82, 2.24) is 19.7 Å². The monoisotopic (exact) mass is 369 g/mol. The Balaban J connectivity index is 2.03. The van der Waals surface area contributed by atoms with Crippen molar-refractivity contribution in [2.24, 2.45) is 5.92 Å². The highest BCUT2D eigenvalue weighted by Gasteiger charge is 2.37. The lowest BCUT2D eigenvalue weighted by Crippen LogP contribution is -2.31. The van der Waals surface area contributed by atoms with Crippen LogP contribution in [0.25, 0.3) is 0 Å². The van der Waals surface area contributed by atoms with Crippen molar-refractivity contribution in [2.45, 2.75) is 38.9 Å². The van der Waals surface area contributed by atoms with E-state index in [0.717, 1.165) is 18.9 Å². The first-order chi connectivity index (χ1) is 12.2. The van der Waals surface area contributed by atoms with Gasteiger partial charge in [-0.1, -0.05) is 0 Å². The number of hydrogen-bond donors (Lipinski definition) is 1. The molecule has 1 fully saturated rings. The summed E-state index contributed by atoms with van der Waals surface area (Å²) in [7, 11) is 1.22. The number of halogens is 3. The summed E-state index contributed by atoms with van der Waals surface area (Å²) in [5.74, 6) is 0.238. The molecular formula is C16H18F3N5O2. The summed E-state index contributed by atoms with van der Waals surface area (Å²) in [6.07, 6.45) is -2.72. The third-order valence-electron chi connectivity index (χ3n) is 4.23. The smallest absolute Gasteiger partial charge is 0.435 e. The van der Waals surface area contributed by atoms with Crippen molar-refractivity contribution >= 4 is 11.5 Å². The largest absolute Gasteiger partial charge is 0.481 e. The molecule has 1 atom stereocenters. The molecule has 26 heavy (non-hydrogen) atoms. The lowest BCUT2D eigenvalue weighted by atomic mass is 10.2. The van der Waals surface area contributed by atoms with Gasteiger partial charge in [0.2, 0.25) is 11.7 Å². The summed E-state index contributed by atoms with van der Waals surface area (Å²) in [5, 5.41) is 6.60. The fourth-order valence-corrected chi connectivity index (χ4v) is 2.68. The molecule has 0 aliphatic heterocycles. The Morgan fingerprint density at radius 2 is 2.00 bits per heavy atom. The molecule has 2 aromatic heterocycles. The van der Waals surface area contributed by atoms with Gasteiger partial charge >= 0.3 is 11.7 Å². The van der Waals surface area contributed by atoms with Crippen LogP contribution < -0.4 is 15.6 Å². The second-order valence-corrected chi connectivity index (χ2v) is 6.21. The van der Waals surface area contributed by atoms with E-state index in [-0.39, 0.29) is 29.3 Å². The maximum Gasteiger partial charge on any atom is 0.435 e. The Kier molecular flexibility index (Phi) is 4.59. The second kappa shape index (κ2) is 6.58. The SMILES string of the molecule is COc1ccc(Nc2nc(C)nn([C@H](C)C3CC3)c2=O)c(C(F)(F)F)n1. The number of aryl methyl sites for hydroxylation is 1. The average molecular weight is 369 g/mol. The molecular weight excluding hydrogens is 351 g/mol. The molecule has 3 rings (SSSR count). The standard InChI is InChI=1S/C16H18F3N5O2/c1-8(10-4-5-10)24-15(25)14(20-9(2)23-24)21-11-6-7-12(26-3)22-13(11)16(17,18)19/h6-8,10H,4-5H2,1-3H3,(H,20,21,23)/t8-/m1/s1. The molecule has 2 aromatic rings. The Bertz CT molecular complexity index is 877. The number of rotatable bonds is 5. The summed E-state index contributed by atoms with van der Waals surface area (Å²) in [4.78, 5) is 20.1. The van der Waals surface area contributed by atoms with Crippen molar-refractivity contribution in [1.29, 1.82) is 0 Å². The van der Waals surface area contributed by atoms with Crippen LogP contribution in [0.4, 0.5) is 24.7 Å². The first-order valence-electron chi connectivity index (χ1n) is 8.07. The summed E-state index contributed by atoms with van der Waals surface area (Å²) in [5.41, 5.74) is -2.13. The molecule has 1 N–H and O–H groups in total. The van der Waals surface area contributed by atoms with E-state index in [0.29, 0.717) is 5.92 Å². The number of nitrogens with zero attached hydrogens (tertiary/aromatic N) is 4. The van der Waals surface area contributed by atoms with Gasteiger partial charge in [0.15, 0.2) is 5.69 Å². The van der Waals surface area contributed by atoms with Crippen LogP contribution in [0.5, 0.6) is 5.88 Å².